The van der Waals surface area contributed by atoms with Gasteiger partial charge in [0.05, 0.1) is 11.3 Å². The number of nitrogens with one attached hydrogen (secondary N) is 1. The first-order chi connectivity index (χ1) is 15.7. The lowest BCUT2D eigenvalue weighted by atomic mass is 10.0. The molecule has 0 aromatic heterocycles. The van der Waals surface area contributed by atoms with Crippen molar-refractivity contribution in [1.82, 2.24) is 4.72 Å². The number of carbonyl (C=O) groups excluding carboxylic acids is 1. The molecule has 0 saturated heterocycles. The second-order valence-electron chi connectivity index (χ2n) is 7.39. The highest BCUT2D eigenvalue weighted by Gasteiger charge is 2.24. The summed E-state index contributed by atoms with van der Waals surface area (Å²) in [6.45, 7) is 0. The number of benzene rings is 3. The lowest BCUT2D eigenvalue weighted by Gasteiger charge is -2.09. The third-order valence-electron chi connectivity index (χ3n) is 5.13. The zero-order chi connectivity index (χ0) is 23.6. The number of allylic oxidation sites excluding steroid dienone is 2. The summed E-state index contributed by atoms with van der Waals surface area (Å²) < 4.78 is 41.9. The van der Waals surface area contributed by atoms with Crippen LogP contribution in [-0.2, 0) is 14.8 Å². The first kappa shape index (κ1) is 23.5. The number of hydrogen-bond acceptors (Lipinski definition) is 4. The summed E-state index contributed by atoms with van der Waals surface area (Å²) in [5.74, 6) is -1.11. The average molecular weight is 544 g/mol. The van der Waals surface area contributed by atoms with Crippen LogP contribution in [0.1, 0.15) is 23.1 Å². The van der Waals surface area contributed by atoms with Gasteiger partial charge >= 0.3 is 0 Å². The average Bonchev–Trinajstić information content (AvgIpc) is 3.10. The monoisotopic (exact) mass is 543 g/mol. The van der Waals surface area contributed by atoms with E-state index in [9.17, 15) is 17.6 Å². The molecular formula is C25H19BrFNO3S2. The second kappa shape index (κ2) is 9.67. The predicted molar refractivity (Wildman–Crippen MR) is 135 cm³/mol. The summed E-state index contributed by atoms with van der Waals surface area (Å²) >= 11 is 4.90. The zero-order valence-electron chi connectivity index (χ0n) is 17.5. The molecule has 0 saturated carbocycles. The van der Waals surface area contributed by atoms with Gasteiger partial charge in [0, 0.05) is 9.37 Å². The minimum atomic E-state index is -4.01. The molecule has 168 valence electrons. The van der Waals surface area contributed by atoms with E-state index in [2.05, 4.69) is 20.7 Å². The summed E-state index contributed by atoms with van der Waals surface area (Å²) in [5.41, 5.74) is 3.74. The quantitative estimate of drug-likeness (QED) is 0.379. The molecule has 1 amide bonds. The first-order valence-corrected chi connectivity index (χ1v) is 13.4. The predicted octanol–water partition coefficient (Wildman–Crippen LogP) is 6.14. The number of carbonyl (C=O) groups is 1. The summed E-state index contributed by atoms with van der Waals surface area (Å²) in [6, 6.07) is 18.4. The molecule has 0 unspecified atom stereocenters. The minimum absolute atomic E-state index is 0.0137. The number of thioether (sulfide) groups is 1. The van der Waals surface area contributed by atoms with Gasteiger partial charge < -0.3 is 0 Å². The van der Waals surface area contributed by atoms with Gasteiger partial charge in [0.2, 0.25) is 5.91 Å². The fraction of sp³-hybridized carbons (Fsp3) is 0.0800. The van der Waals surface area contributed by atoms with E-state index < -0.39 is 21.7 Å². The molecular weight excluding hydrogens is 525 g/mol. The van der Waals surface area contributed by atoms with Crippen molar-refractivity contribution in [2.45, 2.75) is 16.2 Å². The maximum Gasteiger partial charge on any atom is 0.264 e. The highest BCUT2D eigenvalue weighted by Crippen LogP contribution is 2.38. The van der Waals surface area contributed by atoms with E-state index in [1.807, 2.05) is 36.6 Å². The Balaban J connectivity index is 1.60. The van der Waals surface area contributed by atoms with Crippen molar-refractivity contribution in [2.24, 2.45) is 0 Å². The molecule has 0 fully saturated rings. The number of sulfonamides is 1. The highest BCUT2D eigenvalue weighted by molar-refractivity contribution is 9.10. The van der Waals surface area contributed by atoms with E-state index in [4.69, 9.17) is 0 Å². The number of halogens is 2. The summed E-state index contributed by atoms with van der Waals surface area (Å²) in [5, 5.41) is 0. The van der Waals surface area contributed by atoms with Crippen LogP contribution in [0.4, 0.5) is 4.39 Å². The molecule has 0 bridgehead atoms. The number of amides is 1. The van der Waals surface area contributed by atoms with Crippen molar-refractivity contribution in [3.05, 3.63) is 99.8 Å². The van der Waals surface area contributed by atoms with E-state index in [-0.39, 0.29) is 11.3 Å². The van der Waals surface area contributed by atoms with Gasteiger partial charge in [-0.25, -0.2) is 17.5 Å². The highest BCUT2D eigenvalue weighted by atomic mass is 79.9. The van der Waals surface area contributed by atoms with Crippen molar-refractivity contribution in [1.29, 1.82) is 0 Å². The number of hydrogen-bond donors (Lipinski definition) is 1. The van der Waals surface area contributed by atoms with Crippen LogP contribution in [0.3, 0.4) is 0 Å². The largest absolute Gasteiger partial charge is 0.274 e. The van der Waals surface area contributed by atoms with Gasteiger partial charge in [0.25, 0.3) is 10.0 Å². The first-order valence-electron chi connectivity index (χ1n) is 9.93. The molecule has 33 heavy (non-hydrogen) atoms. The van der Waals surface area contributed by atoms with E-state index in [1.54, 1.807) is 36.0 Å². The molecule has 0 aliphatic heterocycles. The minimum Gasteiger partial charge on any atom is -0.274 e. The van der Waals surface area contributed by atoms with E-state index in [0.717, 1.165) is 26.1 Å². The molecule has 0 spiro atoms. The van der Waals surface area contributed by atoms with Crippen LogP contribution in [0.15, 0.2) is 87.1 Å². The van der Waals surface area contributed by atoms with Gasteiger partial charge in [0.1, 0.15) is 5.82 Å². The molecule has 4 nitrogen and oxygen atoms in total. The van der Waals surface area contributed by atoms with E-state index >= 15 is 0 Å². The van der Waals surface area contributed by atoms with E-state index in [0.29, 0.717) is 11.1 Å². The van der Waals surface area contributed by atoms with Gasteiger partial charge in [-0.2, -0.15) is 0 Å². The Labute approximate surface area is 204 Å². The Kier molecular flexibility index (Phi) is 6.88. The normalized spacial score (nSPS) is 14.2. The van der Waals surface area contributed by atoms with Gasteiger partial charge in [-0.15, -0.1) is 11.8 Å². The zero-order valence-corrected chi connectivity index (χ0v) is 20.7. The Morgan fingerprint density at radius 2 is 1.73 bits per heavy atom. The van der Waals surface area contributed by atoms with Gasteiger partial charge in [0.15, 0.2) is 0 Å². The van der Waals surface area contributed by atoms with Crippen LogP contribution in [0, 0.1) is 5.82 Å². The Morgan fingerprint density at radius 3 is 2.39 bits per heavy atom. The van der Waals surface area contributed by atoms with Gasteiger partial charge in [-0.05, 0) is 94.8 Å². The topological polar surface area (TPSA) is 63.2 Å². The maximum atomic E-state index is 14.0. The van der Waals surface area contributed by atoms with Crippen molar-refractivity contribution >= 4 is 60.8 Å². The Bertz CT molecular complexity index is 1380. The van der Waals surface area contributed by atoms with Crippen LogP contribution in [0.5, 0.6) is 0 Å². The molecule has 0 heterocycles. The number of fused-ring (bicyclic) bond motifs is 1. The number of rotatable bonds is 6. The Hall–Kier alpha value is -2.68. The summed E-state index contributed by atoms with van der Waals surface area (Å²) in [7, 11) is -4.01. The second-order valence-corrected chi connectivity index (χ2v) is 10.9. The molecule has 1 aliphatic carbocycles. The van der Waals surface area contributed by atoms with Gasteiger partial charge in [-0.1, -0.05) is 34.1 Å². The fourth-order valence-corrected chi connectivity index (χ4v) is 5.21. The lowest BCUT2D eigenvalue weighted by molar-refractivity contribution is -0.118. The standard InChI is InChI=1S/C25H19BrFNO3S2/c1-32-21-7-2-16(3-8-21)12-17-13-18(24-15-20(27)6-11-23(17)24)14-25(29)28-33(30,31)22-9-4-19(26)5-10-22/h2-13,15H,14H2,1H3,(H,28,29)/b17-12+. The van der Waals surface area contributed by atoms with Crippen molar-refractivity contribution in [2.75, 3.05) is 6.26 Å². The Morgan fingerprint density at radius 1 is 1.03 bits per heavy atom. The fourth-order valence-electron chi connectivity index (χ4n) is 3.55. The molecule has 8 heteroatoms. The van der Waals surface area contributed by atoms with Crippen LogP contribution in [-0.4, -0.2) is 20.6 Å². The van der Waals surface area contributed by atoms with Crippen molar-refractivity contribution < 1.29 is 17.6 Å². The van der Waals surface area contributed by atoms with Crippen LogP contribution in [0.2, 0.25) is 0 Å². The third kappa shape index (κ3) is 5.46. The molecule has 0 atom stereocenters. The van der Waals surface area contributed by atoms with Crippen molar-refractivity contribution in [3.8, 4) is 0 Å². The molecule has 3 aromatic carbocycles. The smallest absolute Gasteiger partial charge is 0.264 e. The maximum absolute atomic E-state index is 14.0. The van der Waals surface area contributed by atoms with Crippen LogP contribution >= 0.6 is 27.7 Å². The van der Waals surface area contributed by atoms with Crippen LogP contribution < -0.4 is 4.72 Å². The molecule has 4 rings (SSSR count). The van der Waals surface area contributed by atoms with Crippen molar-refractivity contribution in [3.63, 3.8) is 0 Å². The summed E-state index contributed by atoms with van der Waals surface area (Å²) in [4.78, 5) is 13.8. The lowest BCUT2D eigenvalue weighted by Crippen LogP contribution is -2.30. The SMILES string of the molecule is CSc1ccc(/C=C2\C=C(CC(=O)NS(=O)(=O)c3ccc(Br)cc3)c3cc(F)ccc32)cc1. The summed E-state index contributed by atoms with van der Waals surface area (Å²) in [6.07, 6.45) is 5.57. The molecule has 0 radical (unpaired) electrons. The third-order valence-corrected chi connectivity index (χ3v) is 7.79. The molecule has 1 N–H and O–H groups in total. The van der Waals surface area contributed by atoms with E-state index in [1.165, 1.54) is 24.3 Å². The van der Waals surface area contributed by atoms with Gasteiger partial charge in [-0.3, -0.25) is 4.79 Å². The molecule has 1 aliphatic rings. The molecule has 3 aromatic rings. The van der Waals surface area contributed by atoms with Crippen LogP contribution in [0.25, 0.3) is 17.2 Å².